The monoisotopic (exact) mass is 286 g/mol. The van der Waals surface area contributed by atoms with Gasteiger partial charge in [-0.3, -0.25) is 9.36 Å². The Kier molecular flexibility index (Phi) is 2.57. The zero-order valence-corrected chi connectivity index (χ0v) is 9.93. The lowest BCUT2D eigenvalue weighted by Crippen LogP contribution is -2.18. The molecule has 2 rings (SSSR count). The molecule has 0 aromatic carbocycles. The Bertz CT molecular complexity index is 588. The van der Waals surface area contributed by atoms with Crippen LogP contribution in [-0.4, -0.2) is 20.4 Å². The van der Waals surface area contributed by atoms with E-state index in [1.165, 1.54) is 0 Å². The molecule has 7 heteroatoms. The van der Waals surface area contributed by atoms with E-state index in [0.29, 0.717) is 10.4 Å². The quantitative estimate of drug-likeness (QED) is 0.818. The molecular formula is C8H7BrN4OS. The topological polar surface area (TPSA) is 76.7 Å². The van der Waals surface area contributed by atoms with E-state index in [0.717, 1.165) is 9.99 Å². The molecule has 78 valence electrons. The number of fused-ring (bicyclic) bond motifs is 1. The second kappa shape index (κ2) is 3.74. The number of aromatic amines is 1. The molecule has 0 aliphatic rings. The number of halogens is 1. The number of hydrogen-bond acceptors (Lipinski definition) is 3. The molecule has 0 fully saturated rings. The summed E-state index contributed by atoms with van der Waals surface area (Å²) in [5.74, 6) is -0.447. The number of pyridine rings is 1. The molecule has 0 saturated carbocycles. The van der Waals surface area contributed by atoms with Gasteiger partial charge in [-0.15, -0.1) is 0 Å². The summed E-state index contributed by atoms with van der Waals surface area (Å²) in [6, 6.07) is 1.84. The van der Waals surface area contributed by atoms with Gasteiger partial charge in [0.2, 0.25) is 5.91 Å². The van der Waals surface area contributed by atoms with Gasteiger partial charge >= 0.3 is 0 Å². The summed E-state index contributed by atoms with van der Waals surface area (Å²) in [7, 11) is 0. The molecule has 0 radical (unpaired) electrons. The number of nitrogens with one attached hydrogen (secondary N) is 1. The minimum atomic E-state index is -0.447. The number of imidazole rings is 1. The minimum absolute atomic E-state index is 0.0352. The lowest BCUT2D eigenvalue weighted by atomic mass is 10.4. The normalized spacial score (nSPS) is 10.7. The first-order valence-corrected chi connectivity index (χ1v) is 5.30. The Morgan fingerprint density at radius 1 is 1.73 bits per heavy atom. The van der Waals surface area contributed by atoms with Gasteiger partial charge in [0.05, 0.1) is 5.52 Å². The van der Waals surface area contributed by atoms with Crippen molar-refractivity contribution in [2.45, 2.75) is 6.54 Å². The number of nitrogens with zero attached hydrogens (tertiary/aromatic N) is 2. The highest BCUT2D eigenvalue weighted by molar-refractivity contribution is 9.10. The minimum Gasteiger partial charge on any atom is -0.368 e. The molecule has 0 spiro atoms. The third kappa shape index (κ3) is 1.93. The molecule has 2 aromatic heterocycles. The number of nitrogens with two attached hydrogens (primary N) is 1. The van der Waals surface area contributed by atoms with E-state index in [9.17, 15) is 4.79 Å². The zero-order chi connectivity index (χ0) is 11.0. The first-order valence-electron chi connectivity index (χ1n) is 4.10. The number of hydrogen-bond donors (Lipinski definition) is 2. The van der Waals surface area contributed by atoms with Gasteiger partial charge in [-0.05, 0) is 34.2 Å². The predicted molar refractivity (Wildman–Crippen MR) is 61.8 cm³/mol. The summed E-state index contributed by atoms with van der Waals surface area (Å²) < 4.78 is 2.85. The lowest BCUT2D eigenvalue weighted by Gasteiger charge is -1.99. The fraction of sp³-hybridized carbons (Fsp3) is 0.125. The summed E-state index contributed by atoms with van der Waals surface area (Å²) in [5, 5.41) is 0. The van der Waals surface area contributed by atoms with Crippen molar-refractivity contribution in [3.63, 3.8) is 0 Å². The molecule has 2 aromatic rings. The van der Waals surface area contributed by atoms with E-state index in [1.807, 2.05) is 6.07 Å². The average Bonchev–Trinajstić information content (AvgIpc) is 2.41. The van der Waals surface area contributed by atoms with Crippen molar-refractivity contribution in [3.05, 3.63) is 21.5 Å². The molecule has 15 heavy (non-hydrogen) atoms. The number of carbonyl (C=O) groups is 1. The second-order valence-corrected chi connectivity index (χ2v) is 4.31. The molecule has 2 heterocycles. The van der Waals surface area contributed by atoms with E-state index < -0.39 is 5.91 Å². The first kappa shape index (κ1) is 10.3. The third-order valence-corrected chi connectivity index (χ3v) is 2.65. The Balaban J connectivity index is 2.68. The Morgan fingerprint density at radius 2 is 2.47 bits per heavy atom. The standard InChI is InChI=1S/C8H7BrN4OS/c9-4-1-5-7(11-2-4)13(3-6(10)14)8(15)12-5/h1-2H,3H2,(H2,10,14)(H,12,15). The summed E-state index contributed by atoms with van der Waals surface area (Å²) in [6.07, 6.45) is 1.64. The highest BCUT2D eigenvalue weighted by atomic mass is 79.9. The van der Waals surface area contributed by atoms with Crippen LogP contribution in [0.2, 0.25) is 0 Å². The maximum Gasteiger partial charge on any atom is 0.237 e. The third-order valence-electron chi connectivity index (χ3n) is 1.89. The molecule has 0 aliphatic carbocycles. The number of aromatic nitrogens is 3. The van der Waals surface area contributed by atoms with E-state index in [4.69, 9.17) is 18.0 Å². The fourth-order valence-electron chi connectivity index (χ4n) is 1.32. The van der Waals surface area contributed by atoms with Crippen LogP contribution in [0.1, 0.15) is 0 Å². The Hall–Kier alpha value is -1.21. The fourth-order valence-corrected chi connectivity index (χ4v) is 1.91. The van der Waals surface area contributed by atoms with Gasteiger partial charge in [0, 0.05) is 10.7 Å². The first-order chi connectivity index (χ1) is 7.08. The molecule has 0 bridgehead atoms. The van der Waals surface area contributed by atoms with Crippen LogP contribution in [0.25, 0.3) is 11.2 Å². The van der Waals surface area contributed by atoms with Crippen molar-refractivity contribution in [1.82, 2.24) is 14.5 Å². The largest absolute Gasteiger partial charge is 0.368 e. The maximum atomic E-state index is 10.8. The van der Waals surface area contributed by atoms with E-state index in [-0.39, 0.29) is 6.54 Å². The van der Waals surface area contributed by atoms with Gasteiger partial charge in [0.25, 0.3) is 0 Å². The molecule has 0 atom stereocenters. The van der Waals surface area contributed by atoms with Crippen molar-refractivity contribution in [2.75, 3.05) is 0 Å². The maximum absolute atomic E-state index is 10.8. The van der Waals surface area contributed by atoms with Crippen LogP contribution in [0.5, 0.6) is 0 Å². The second-order valence-electron chi connectivity index (χ2n) is 3.01. The highest BCUT2D eigenvalue weighted by Crippen LogP contribution is 2.16. The Labute approximate surface area is 98.4 Å². The van der Waals surface area contributed by atoms with Gasteiger partial charge in [-0.1, -0.05) is 0 Å². The van der Waals surface area contributed by atoms with Crippen LogP contribution in [0.15, 0.2) is 16.7 Å². The molecular weight excluding hydrogens is 280 g/mol. The molecule has 0 saturated heterocycles. The number of carbonyl (C=O) groups excluding carboxylic acids is 1. The predicted octanol–water partition coefficient (Wildman–Crippen LogP) is 1.34. The van der Waals surface area contributed by atoms with E-state index in [2.05, 4.69) is 25.9 Å². The van der Waals surface area contributed by atoms with Crippen molar-refractivity contribution in [1.29, 1.82) is 0 Å². The van der Waals surface area contributed by atoms with Crippen molar-refractivity contribution in [2.24, 2.45) is 5.73 Å². The zero-order valence-electron chi connectivity index (χ0n) is 7.53. The average molecular weight is 287 g/mol. The van der Waals surface area contributed by atoms with Crippen LogP contribution in [0.4, 0.5) is 0 Å². The number of amides is 1. The summed E-state index contributed by atoms with van der Waals surface area (Å²) >= 11 is 8.36. The van der Waals surface area contributed by atoms with Crippen LogP contribution in [0.3, 0.4) is 0 Å². The van der Waals surface area contributed by atoms with Gasteiger partial charge in [-0.2, -0.15) is 0 Å². The van der Waals surface area contributed by atoms with Crippen LogP contribution in [0, 0.1) is 4.77 Å². The molecule has 5 nitrogen and oxygen atoms in total. The highest BCUT2D eigenvalue weighted by Gasteiger charge is 2.07. The van der Waals surface area contributed by atoms with Gasteiger partial charge in [-0.25, -0.2) is 4.98 Å². The van der Waals surface area contributed by atoms with Crippen molar-refractivity contribution >= 4 is 45.2 Å². The van der Waals surface area contributed by atoms with Crippen molar-refractivity contribution in [3.8, 4) is 0 Å². The van der Waals surface area contributed by atoms with E-state index >= 15 is 0 Å². The molecule has 0 aliphatic heterocycles. The number of rotatable bonds is 2. The van der Waals surface area contributed by atoms with Crippen molar-refractivity contribution < 1.29 is 4.79 Å². The summed E-state index contributed by atoms with van der Waals surface area (Å²) in [5.41, 5.74) is 6.52. The molecule has 3 N–H and O–H groups in total. The van der Waals surface area contributed by atoms with Gasteiger partial charge in [0.15, 0.2) is 10.4 Å². The smallest absolute Gasteiger partial charge is 0.237 e. The van der Waals surface area contributed by atoms with Crippen LogP contribution >= 0.6 is 28.1 Å². The summed E-state index contributed by atoms with van der Waals surface area (Å²) in [4.78, 5) is 17.9. The molecule has 1 amide bonds. The van der Waals surface area contributed by atoms with Crippen LogP contribution in [-0.2, 0) is 11.3 Å². The van der Waals surface area contributed by atoms with Gasteiger partial charge < -0.3 is 10.7 Å². The van der Waals surface area contributed by atoms with Crippen LogP contribution < -0.4 is 5.73 Å². The summed E-state index contributed by atoms with van der Waals surface area (Å²) in [6.45, 7) is 0.0352. The number of H-pyrrole nitrogens is 1. The number of primary amides is 1. The SMILES string of the molecule is NC(=O)Cn1c(=S)[nH]c2cc(Br)cnc21. The lowest BCUT2D eigenvalue weighted by molar-refractivity contribution is -0.118. The van der Waals surface area contributed by atoms with Gasteiger partial charge in [0.1, 0.15) is 6.54 Å². The van der Waals surface area contributed by atoms with E-state index in [1.54, 1.807) is 10.8 Å². The molecule has 0 unspecified atom stereocenters. The Morgan fingerprint density at radius 3 is 3.13 bits per heavy atom.